The summed E-state index contributed by atoms with van der Waals surface area (Å²) in [4.78, 5) is 11.9. The molecule has 1 aromatic carbocycles. The second kappa shape index (κ2) is 5.69. The number of aryl methyl sites for hydroxylation is 1. The summed E-state index contributed by atoms with van der Waals surface area (Å²) >= 11 is 0. The monoisotopic (exact) mass is 204 g/mol. The fourth-order valence-corrected chi connectivity index (χ4v) is 1.76. The van der Waals surface area contributed by atoms with E-state index in [2.05, 4.69) is 19.9 Å². The summed E-state index contributed by atoms with van der Waals surface area (Å²) in [7, 11) is 0. The van der Waals surface area contributed by atoms with Crippen molar-refractivity contribution >= 4 is 5.78 Å². The summed E-state index contributed by atoms with van der Waals surface area (Å²) < 4.78 is 0. The molecule has 0 aromatic heterocycles. The first-order valence-electron chi connectivity index (χ1n) is 5.72. The lowest BCUT2D eigenvalue weighted by Gasteiger charge is -2.10. The van der Waals surface area contributed by atoms with Crippen molar-refractivity contribution in [2.75, 3.05) is 0 Å². The van der Waals surface area contributed by atoms with Crippen molar-refractivity contribution in [3.8, 4) is 0 Å². The van der Waals surface area contributed by atoms with Gasteiger partial charge in [-0.25, -0.2) is 0 Å². The van der Waals surface area contributed by atoms with E-state index in [0.29, 0.717) is 12.2 Å². The highest BCUT2D eigenvalue weighted by atomic mass is 16.1. The Balaban J connectivity index is 2.62. The zero-order valence-electron chi connectivity index (χ0n) is 9.92. The normalized spacial score (nSPS) is 12.5. The van der Waals surface area contributed by atoms with Crippen LogP contribution in [0.4, 0.5) is 0 Å². The quantitative estimate of drug-likeness (QED) is 0.717. The lowest BCUT2D eigenvalue weighted by atomic mass is 9.94. The smallest absolute Gasteiger partial charge is 0.140 e. The van der Waals surface area contributed by atoms with Gasteiger partial charge >= 0.3 is 0 Å². The van der Waals surface area contributed by atoms with Gasteiger partial charge in [-0.15, -0.1) is 0 Å². The Morgan fingerprint density at radius 3 is 2.60 bits per heavy atom. The Morgan fingerprint density at radius 2 is 2.00 bits per heavy atom. The van der Waals surface area contributed by atoms with E-state index < -0.39 is 0 Å². The topological polar surface area (TPSA) is 17.1 Å². The molecule has 1 aromatic rings. The Kier molecular flexibility index (Phi) is 4.54. The van der Waals surface area contributed by atoms with Crippen molar-refractivity contribution in [1.82, 2.24) is 0 Å². The largest absolute Gasteiger partial charge is 0.299 e. The van der Waals surface area contributed by atoms with Gasteiger partial charge in [-0.3, -0.25) is 4.79 Å². The summed E-state index contributed by atoms with van der Waals surface area (Å²) in [6, 6.07) is 8.12. The fraction of sp³-hybridized carbons (Fsp3) is 0.500. The Bertz CT molecular complexity index is 328. The van der Waals surface area contributed by atoms with Crippen molar-refractivity contribution in [2.24, 2.45) is 5.92 Å². The van der Waals surface area contributed by atoms with Crippen molar-refractivity contribution in [2.45, 2.75) is 40.0 Å². The van der Waals surface area contributed by atoms with Crippen LogP contribution in [0.25, 0.3) is 0 Å². The molecule has 15 heavy (non-hydrogen) atoms. The third-order valence-corrected chi connectivity index (χ3v) is 2.90. The van der Waals surface area contributed by atoms with Crippen LogP contribution in [-0.2, 0) is 11.2 Å². The van der Waals surface area contributed by atoms with Crippen LogP contribution in [0.5, 0.6) is 0 Å². The predicted molar refractivity (Wildman–Crippen MR) is 64.0 cm³/mol. The SMILES string of the molecule is CCCC(C)C(=O)Cc1ccccc1C. The number of hydrogen-bond donors (Lipinski definition) is 0. The van der Waals surface area contributed by atoms with Crippen molar-refractivity contribution < 1.29 is 4.79 Å². The van der Waals surface area contributed by atoms with Gasteiger partial charge in [-0.1, -0.05) is 44.5 Å². The second-order valence-corrected chi connectivity index (χ2v) is 4.26. The molecule has 1 rings (SSSR count). The molecule has 0 saturated heterocycles. The van der Waals surface area contributed by atoms with Gasteiger partial charge in [-0.2, -0.15) is 0 Å². The van der Waals surface area contributed by atoms with E-state index in [-0.39, 0.29) is 5.92 Å². The summed E-state index contributed by atoms with van der Waals surface area (Å²) in [5, 5.41) is 0. The first kappa shape index (κ1) is 12.0. The maximum atomic E-state index is 11.9. The van der Waals surface area contributed by atoms with Crippen LogP contribution < -0.4 is 0 Å². The maximum absolute atomic E-state index is 11.9. The zero-order valence-corrected chi connectivity index (χ0v) is 9.92. The molecular formula is C14H20O. The third-order valence-electron chi connectivity index (χ3n) is 2.90. The van der Waals surface area contributed by atoms with Gasteiger partial charge < -0.3 is 0 Å². The minimum absolute atomic E-state index is 0.203. The lowest BCUT2D eigenvalue weighted by molar-refractivity contribution is -0.121. The Labute approximate surface area is 92.5 Å². The number of hydrogen-bond acceptors (Lipinski definition) is 1. The van der Waals surface area contributed by atoms with Crippen LogP contribution in [0.2, 0.25) is 0 Å². The van der Waals surface area contributed by atoms with E-state index in [1.165, 1.54) is 11.1 Å². The van der Waals surface area contributed by atoms with Crippen molar-refractivity contribution in [3.63, 3.8) is 0 Å². The molecule has 0 aliphatic rings. The molecule has 1 unspecified atom stereocenters. The Hall–Kier alpha value is -1.11. The van der Waals surface area contributed by atoms with Crippen LogP contribution in [-0.4, -0.2) is 5.78 Å². The number of ketones is 1. The van der Waals surface area contributed by atoms with Crippen molar-refractivity contribution in [1.29, 1.82) is 0 Å². The summed E-state index contributed by atoms with van der Waals surface area (Å²) in [6.45, 7) is 6.22. The number of carbonyl (C=O) groups excluding carboxylic acids is 1. The van der Waals surface area contributed by atoms with Gasteiger partial charge in [0.25, 0.3) is 0 Å². The van der Waals surface area contributed by atoms with Gasteiger partial charge in [0.1, 0.15) is 5.78 Å². The van der Waals surface area contributed by atoms with E-state index in [0.717, 1.165) is 12.8 Å². The molecule has 0 bridgehead atoms. The molecule has 1 heteroatoms. The van der Waals surface area contributed by atoms with E-state index >= 15 is 0 Å². The van der Waals surface area contributed by atoms with Gasteiger partial charge in [0, 0.05) is 12.3 Å². The predicted octanol–water partition coefficient (Wildman–Crippen LogP) is 3.54. The van der Waals surface area contributed by atoms with Gasteiger partial charge in [-0.05, 0) is 24.5 Å². The summed E-state index contributed by atoms with van der Waals surface area (Å²) in [5.41, 5.74) is 2.39. The van der Waals surface area contributed by atoms with E-state index in [1.807, 2.05) is 25.1 Å². The fourth-order valence-electron chi connectivity index (χ4n) is 1.76. The maximum Gasteiger partial charge on any atom is 0.140 e. The molecule has 0 fully saturated rings. The first-order chi connectivity index (χ1) is 7.15. The molecular weight excluding hydrogens is 184 g/mol. The standard InChI is InChI=1S/C14H20O/c1-4-7-12(3)14(15)10-13-9-6-5-8-11(13)2/h5-6,8-9,12H,4,7,10H2,1-3H3. The van der Waals surface area contributed by atoms with E-state index in [1.54, 1.807) is 0 Å². The number of carbonyl (C=O) groups is 1. The Morgan fingerprint density at radius 1 is 1.33 bits per heavy atom. The van der Waals surface area contributed by atoms with Crippen LogP contribution in [0.1, 0.15) is 37.8 Å². The first-order valence-corrected chi connectivity index (χ1v) is 5.72. The molecule has 0 aliphatic carbocycles. The molecule has 82 valence electrons. The van der Waals surface area contributed by atoms with E-state index in [9.17, 15) is 4.79 Å². The molecule has 0 N–H and O–H groups in total. The molecule has 0 aliphatic heterocycles. The highest BCUT2D eigenvalue weighted by Crippen LogP contribution is 2.13. The molecule has 0 saturated carbocycles. The van der Waals surface area contributed by atoms with Crippen LogP contribution in [0.3, 0.4) is 0 Å². The van der Waals surface area contributed by atoms with Gasteiger partial charge in [0.15, 0.2) is 0 Å². The minimum atomic E-state index is 0.203. The average Bonchev–Trinajstić information content (AvgIpc) is 2.21. The number of rotatable bonds is 5. The molecule has 1 atom stereocenters. The van der Waals surface area contributed by atoms with Crippen LogP contribution >= 0.6 is 0 Å². The molecule has 0 radical (unpaired) electrons. The van der Waals surface area contributed by atoms with Crippen LogP contribution in [0, 0.1) is 12.8 Å². The third kappa shape index (κ3) is 3.50. The molecule has 0 heterocycles. The van der Waals surface area contributed by atoms with Gasteiger partial charge in [0.05, 0.1) is 0 Å². The molecule has 1 nitrogen and oxygen atoms in total. The van der Waals surface area contributed by atoms with Crippen molar-refractivity contribution in [3.05, 3.63) is 35.4 Å². The zero-order chi connectivity index (χ0) is 11.3. The average molecular weight is 204 g/mol. The molecule has 0 amide bonds. The molecule has 0 spiro atoms. The highest BCUT2D eigenvalue weighted by Gasteiger charge is 2.12. The number of benzene rings is 1. The van der Waals surface area contributed by atoms with Gasteiger partial charge in [0.2, 0.25) is 0 Å². The lowest BCUT2D eigenvalue weighted by Crippen LogP contribution is -2.14. The highest BCUT2D eigenvalue weighted by molar-refractivity contribution is 5.83. The summed E-state index contributed by atoms with van der Waals surface area (Å²) in [5.74, 6) is 0.570. The number of Topliss-reactive ketones (excluding diaryl/α,β-unsaturated/α-hetero) is 1. The van der Waals surface area contributed by atoms with E-state index in [4.69, 9.17) is 0 Å². The summed E-state index contributed by atoms with van der Waals surface area (Å²) in [6.07, 6.45) is 2.68. The van der Waals surface area contributed by atoms with Crippen LogP contribution in [0.15, 0.2) is 24.3 Å². The second-order valence-electron chi connectivity index (χ2n) is 4.26. The minimum Gasteiger partial charge on any atom is -0.299 e.